The third-order valence-corrected chi connectivity index (χ3v) is 4.19. The number of amides is 1. The van der Waals surface area contributed by atoms with Crippen LogP contribution in [0.25, 0.3) is 5.69 Å². The molecule has 1 saturated heterocycles. The number of hydrogen-bond donors (Lipinski definition) is 2. The number of aromatic nitrogens is 3. The Hall–Kier alpha value is -1.96. The van der Waals surface area contributed by atoms with Crippen LogP contribution < -0.4 is 5.32 Å². The van der Waals surface area contributed by atoms with Crippen molar-refractivity contribution in [3.8, 4) is 5.69 Å². The Morgan fingerprint density at radius 3 is 3.09 bits per heavy atom. The summed E-state index contributed by atoms with van der Waals surface area (Å²) in [6.07, 6.45) is 4.91. The van der Waals surface area contributed by atoms with Crippen molar-refractivity contribution in [3.63, 3.8) is 0 Å². The SMILES string of the molecule is O=C(CN1CCC[C@@H]1CO)Nc1cc(Cl)ccc1-n1cncn1. The van der Waals surface area contributed by atoms with E-state index < -0.39 is 0 Å². The van der Waals surface area contributed by atoms with E-state index in [0.717, 1.165) is 19.4 Å². The molecule has 2 aromatic rings. The molecule has 0 aliphatic carbocycles. The first-order valence-electron chi connectivity index (χ1n) is 7.46. The number of nitrogens with one attached hydrogen (secondary N) is 1. The van der Waals surface area contributed by atoms with Gasteiger partial charge in [-0.1, -0.05) is 11.6 Å². The number of anilines is 1. The highest BCUT2D eigenvalue weighted by Gasteiger charge is 2.25. The van der Waals surface area contributed by atoms with Gasteiger partial charge in [0, 0.05) is 11.1 Å². The maximum Gasteiger partial charge on any atom is 0.238 e. The molecule has 7 nitrogen and oxygen atoms in total. The van der Waals surface area contributed by atoms with Crippen molar-refractivity contribution < 1.29 is 9.90 Å². The molecule has 3 rings (SSSR count). The highest BCUT2D eigenvalue weighted by atomic mass is 35.5. The van der Waals surface area contributed by atoms with Gasteiger partial charge >= 0.3 is 0 Å². The number of halogens is 1. The Morgan fingerprint density at radius 2 is 2.35 bits per heavy atom. The zero-order valence-corrected chi connectivity index (χ0v) is 13.3. The monoisotopic (exact) mass is 335 g/mol. The van der Waals surface area contributed by atoms with Gasteiger partial charge in [-0.3, -0.25) is 9.69 Å². The van der Waals surface area contributed by atoms with Gasteiger partial charge in [0.15, 0.2) is 0 Å². The fraction of sp³-hybridized carbons (Fsp3) is 0.400. The lowest BCUT2D eigenvalue weighted by molar-refractivity contribution is -0.117. The molecular formula is C15H18ClN5O2. The molecule has 1 aliphatic heterocycles. The predicted molar refractivity (Wildman–Crippen MR) is 86.7 cm³/mol. The van der Waals surface area contributed by atoms with E-state index >= 15 is 0 Å². The van der Waals surface area contributed by atoms with Gasteiger partial charge in [-0.25, -0.2) is 9.67 Å². The molecule has 0 bridgehead atoms. The van der Waals surface area contributed by atoms with E-state index in [1.54, 1.807) is 29.2 Å². The number of nitrogens with zero attached hydrogens (tertiary/aromatic N) is 4. The fourth-order valence-corrected chi connectivity index (χ4v) is 3.00. The van der Waals surface area contributed by atoms with Crippen LogP contribution in [0.5, 0.6) is 0 Å². The molecule has 0 spiro atoms. The highest BCUT2D eigenvalue weighted by molar-refractivity contribution is 6.31. The van der Waals surface area contributed by atoms with E-state index in [4.69, 9.17) is 11.6 Å². The molecule has 122 valence electrons. The van der Waals surface area contributed by atoms with Crippen molar-refractivity contribution in [1.82, 2.24) is 19.7 Å². The summed E-state index contributed by atoms with van der Waals surface area (Å²) in [5.41, 5.74) is 1.27. The second-order valence-corrected chi connectivity index (χ2v) is 5.94. The Morgan fingerprint density at radius 1 is 1.48 bits per heavy atom. The normalized spacial score (nSPS) is 18.3. The number of rotatable bonds is 5. The van der Waals surface area contributed by atoms with Crippen LogP contribution in [0.2, 0.25) is 5.02 Å². The zero-order valence-electron chi connectivity index (χ0n) is 12.5. The summed E-state index contributed by atoms with van der Waals surface area (Å²) in [5.74, 6) is -0.144. The van der Waals surface area contributed by atoms with Gasteiger partial charge < -0.3 is 10.4 Å². The second kappa shape index (κ2) is 7.08. The average Bonchev–Trinajstić information content (AvgIpc) is 3.18. The Bertz CT molecular complexity index is 677. The molecule has 0 unspecified atom stereocenters. The van der Waals surface area contributed by atoms with Crippen molar-refractivity contribution >= 4 is 23.2 Å². The van der Waals surface area contributed by atoms with Crippen LogP contribution in [-0.2, 0) is 4.79 Å². The lowest BCUT2D eigenvalue weighted by Crippen LogP contribution is -2.38. The van der Waals surface area contributed by atoms with Crippen LogP contribution in [0.4, 0.5) is 5.69 Å². The van der Waals surface area contributed by atoms with E-state index in [9.17, 15) is 9.90 Å². The van der Waals surface area contributed by atoms with Gasteiger partial charge in [0.25, 0.3) is 0 Å². The number of aliphatic hydroxyl groups is 1. The fourth-order valence-electron chi connectivity index (χ4n) is 2.83. The minimum atomic E-state index is -0.144. The zero-order chi connectivity index (χ0) is 16.2. The molecule has 1 aromatic heterocycles. The number of carbonyl (C=O) groups excluding carboxylic acids is 1. The maximum absolute atomic E-state index is 12.3. The molecular weight excluding hydrogens is 318 g/mol. The van der Waals surface area contributed by atoms with Gasteiger partial charge in [-0.05, 0) is 37.6 Å². The second-order valence-electron chi connectivity index (χ2n) is 5.50. The first kappa shape index (κ1) is 15.9. The molecule has 0 saturated carbocycles. The summed E-state index contributed by atoms with van der Waals surface area (Å²) in [7, 11) is 0. The molecule has 2 N–H and O–H groups in total. The van der Waals surface area contributed by atoms with E-state index in [1.165, 1.54) is 6.33 Å². The predicted octanol–water partition coefficient (Wildman–Crippen LogP) is 1.32. The van der Waals surface area contributed by atoms with Gasteiger partial charge in [-0.15, -0.1) is 0 Å². The first-order valence-corrected chi connectivity index (χ1v) is 7.84. The standard InChI is InChI=1S/C15H18ClN5O2/c16-11-3-4-14(21-10-17-9-18-21)13(6-11)19-15(23)7-20-5-1-2-12(20)8-22/h3-4,6,9-10,12,22H,1-2,5,7-8H2,(H,19,23)/t12-/m1/s1. The summed E-state index contributed by atoms with van der Waals surface area (Å²) in [6.45, 7) is 1.15. The van der Waals surface area contributed by atoms with Crippen LogP contribution in [0, 0.1) is 0 Å². The van der Waals surface area contributed by atoms with Gasteiger partial charge in [-0.2, -0.15) is 5.10 Å². The summed E-state index contributed by atoms with van der Waals surface area (Å²) < 4.78 is 1.57. The number of carbonyl (C=O) groups is 1. The van der Waals surface area contributed by atoms with Gasteiger partial charge in [0.2, 0.25) is 5.91 Å². The van der Waals surface area contributed by atoms with Crippen LogP contribution in [0.15, 0.2) is 30.9 Å². The maximum atomic E-state index is 12.3. The van der Waals surface area contributed by atoms with E-state index in [1.807, 2.05) is 4.90 Å². The van der Waals surface area contributed by atoms with Crippen LogP contribution in [0.3, 0.4) is 0 Å². The van der Waals surface area contributed by atoms with Crippen LogP contribution >= 0.6 is 11.6 Å². The Labute approximate surface area is 138 Å². The topological polar surface area (TPSA) is 83.3 Å². The van der Waals surface area contributed by atoms with Crippen molar-refractivity contribution in [3.05, 3.63) is 35.9 Å². The number of aliphatic hydroxyl groups excluding tert-OH is 1. The summed E-state index contributed by atoms with van der Waals surface area (Å²) >= 11 is 6.04. The molecule has 8 heteroatoms. The largest absolute Gasteiger partial charge is 0.395 e. The molecule has 2 heterocycles. The molecule has 1 atom stereocenters. The van der Waals surface area contributed by atoms with Crippen molar-refractivity contribution in [1.29, 1.82) is 0 Å². The summed E-state index contributed by atoms with van der Waals surface area (Å²) in [6, 6.07) is 5.26. The van der Waals surface area contributed by atoms with Crippen molar-refractivity contribution in [2.45, 2.75) is 18.9 Å². The number of benzene rings is 1. The third kappa shape index (κ3) is 3.69. The molecule has 1 aromatic carbocycles. The van der Waals surface area contributed by atoms with Gasteiger partial charge in [0.05, 0.1) is 24.5 Å². The summed E-state index contributed by atoms with van der Waals surface area (Å²) in [5, 5.41) is 16.8. The quantitative estimate of drug-likeness (QED) is 0.861. The molecule has 0 radical (unpaired) electrons. The van der Waals surface area contributed by atoms with Crippen molar-refractivity contribution in [2.24, 2.45) is 0 Å². The third-order valence-electron chi connectivity index (χ3n) is 3.95. The highest BCUT2D eigenvalue weighted by Crippen LogP contribution is 2.24. The number of likely N-dealkylation sites (tertiary alicyclic amines) is 1. The molecule has 1 amide bonds. The van der Waals surface area contributed by atoms with E-state index in [-0.39, 0.29) is 25.1 Å². The average molecular weight is 336 g/mol. The smallest absolute Gasteiger partial charge is 0.238 e. The molecule has 1 fully saturated rings. The Kier molecular flexibility index (Phi) is 4.90. The first-order chi connectivity index (χ1) is 11.2. The van der Waals surface area contributed by atoms with Crippen molar-refractivity contribution in [2.75, 3.05) is 25.0 Å². The van der Waals surface area contributed by atoms with Crippen LogP contribution in [0.1, 0.15) is 12.8 Å². The van der Waals surface area contributed by atoms with E-state index in [0.29, 0.717) is 16.4 Å². The van der Waals surface area contributed by atoms with E-state index in [2.05, 4.69) is 15.4 Å². The van der Waals surface area contributed by atoms with Gasteiger partial charge in [0.1, 0.15) is 12.7 Å². The van der Waals surface area contributed by atoms with Crippen LogP contribution in [-0.4, -0.2) is 56.4 Å². The lowest BCUT2D eigenvalue weighted by Gasteiger charge is -2.22. The molecule has 23 heavy (non-hydrogen) atoms. The number of hydrogen-bond acceptors (Lipinski definition) is 5. The minimum Gasteiger partial charge on any atom is -0.395 e. The summed E-state index contributed by atoms with van der Waals surface area (Å²) in [4.78, 5) is 18.3. The Balaban J connectivity index is 1.74. The lowest BCUT2D eigenvalue weighted by atomic mass is 10.2. The molecule has 1 aliphatic rings. The minimum absolute atomic E-state index is 0.0647.